The Hall–Kier alpha value is -1.08. The summed E-state index contributed by atoms with van der Waals surface area (Å²) in [6.45, 7) is 5.76. The van der Waals surface area contributed by atoms with E-state index in [1.54, 1.807) is 0 Å². The zero-order valence-corrected chi connectivity index (χ0v) is 11.3. The number of aromatic nitrogens is 1. The Morgan fingerprint density at radius 3 is 2.81 bits per heavy atom. The number of aryl methyl sites for hydroxylation is 1. The van der Waals surface area contributed by atoms with Gasteiger partial charge in [-0.2, -0.15) is 5.26 Å². The normalized spacial score (nSPS) is 9.88. The molecule has 1 heterocycles. The summed E-state index contributed by atoms with van der Waals surface area (Å²) in [5.41, 5.74) is 2.34. The molecule has 0 unspecified atom stereocenters. The molecule has 16 heavy (non-hydrogen) atoms. The van der Waals surface area contributed by atoms with E-state index in [4.69, 9.17) is 5.26 Å². The highest BCUT2D eigenvalue weighted by molar-refractivity contribution is 9.08. The molecule has 0 aliphatic carbocycles. The Kier molecular flexibility index (Phi) is 5.27. The van der Waals surface area contributed by atoms with Gasteiger partial charge in [-0.25, -0.2) is 4.98 Å². The minimum atomic E-state index is 0.537. The van der Waals surface area contributed by atoms with Crippen molar-refractivity contribution in [1.82, 2.24) is 4.98 Å². The molecule has 0 spiro atoms. The summed E-state index contributed by atoms with van der Waals surface area (Å²) in [5, 5.41) is 9.43. The molecule has 0 N–H and O–H groups in total. The van der Waals surface area contributed by atoms with Crippen molar-refractivity contribution in [3.05, 3.63) is 23.4 Å². The van der Waals surface area contributed by atoms with Gasteiger partial charge >= 0.3 is 0 Å². The summed E-state index contributed by atoms with van der Waals surface area (Å²) >= 11 is 3.42. The molecule has 0 aliphatic rings. The SMILES string of the molecule is CCN(CCC#N)c1ncc(CBr)cc1C. The van der Waals surface area contributed by atoms with Crippen molar-refractivity contribution in [2.45, 2.75) is 25.6 Å². The lowest BCUT2D eigenvalue weighted by Crippen LogP contribution is -2.25. The van der Waals surface area contributed by atoms with Crippen LogP contribution in [0.1, 0.15) is 24.5 Å². The van der Waals surface area contributed by atoms with Crippen molar-refractivity contribution < 1.29 is 0 Å². The van der Waals surface area contributed by atoms with Gasteiger partial charge < -0.3 is 4.90 Å². The quantitative estimate of drug-likeness (QED) is 0.779. The molecule has 0 bridgehead atoms. The fourth-order valence-corrected chi connectivity index (χ4v) is 1.94. The molecule has 1 rings (SSSR count). The van der Waals surface area contributed by atoms with Gasteiger partial charge in [0.15, 0.2) is 0 Å². The minimum absolute atomic E-state index is 0.537. The Morgan fingerprint density at radius 1 is 1.56 bits per heavy atom. The van der Waals surface area contributed by atoms with Gasteiger partial charge in [-0.05, 0) is 25.0 Å². The first kappa shape index (κ1) is 13.0. The average Bonchev–Trinajstić information content (AvgIpc) is 2.31. The molecular weight excluding hydrogens is 266 g/mol. The highest BCUT2D eigenvalue weighted by Crippen LogP contribution is 2.19. The molecule has 0 saturated heterocycles. The van der Waals surface area contributed by atoms with Crippen LogP contribution in [-0.2, 0) is 5.33 Å². The second kappa shape index (κ2) is 6.49. The molecule has 0 saturated carbocycles. The van der Waals surface area contributed by atoms with Crippen LogP contribution >= 0.6 is 15.9 Å². The fourth-order valence-electron chi connectivity index (χ4n) is 1.63. The molecule has 1 aromatic rings. The lowest BCUT2D eigenvalue weighted by Gasteiger charge is -2.22. The maximum Gasteiger partial charge on any atom is 0.131 e. The number of hydrogen-bond acceptors (Lipinski definition) is 3. The maximum absolute atomic E-state index is 8.61. The molecular formula is C12H16BrN3. The summed E-state index contributed by atoms with van der Waals surface area (Å²) in [5.74, 6) is 0.988. The Bertz CT molecular complexity index is 384. The van der Waals surface area contributed by atoms with Crippen LogP contribution in [0.15, 0.2) is 12.3 Å². The third-order valence-electron chi connectivity index (χ3n) is 2.44. The van der Waals surface area contributed by atoms with Crippen LogP contribution in [0, 0.1) is 18.3 Å². The smallest absolute Gasteiger partial charge is 0.131 e. The summed E-state index contributed by atoms with van der Waals surface area (Å²) in [6, 6.07) is 4.30. The van der Waals surface area contributed by atoms with E-state index in [-0.39, 0.29) is 0 Å². The monoisotopic (exact) mass is 281 g/mol. The molecule has 0 aliphatic heterocycles. The van der Waals surface area contributed by atoms with Crippen molar-refractivity contribution >= 4 is 21.7 Å². The van der Waals surface area contributed by atoms with Crippen molar-refractivity contribution in [3.63, 3.8) is 0 Å². The third kappa shape index (κ3) is 3.21. The van der Waals surface area contributed by atoms with Crippen molar-refractivity contribution in [1.29, 1.82) is 5.26 Å². The fraction of sp³-hybridized carbons (Fsp3) is 0.500. The second-order valence-corrected chi connectivity index (χ2v) is 4.17. The van der Waals surface area contributed by atoms with Gasteiger partial charge in [0.05, 0.1) is 12.5 Å². The van der Waals surface area contributed by atoms with Gasteiger partial charge in [-0.15, -0.1) is 0 Å². The molecule has 1 aromatic heterocycles. The number of halogens is 1. The topological polar surface area (TPSA) is 39.9 Å². The van der Waals surface area contributed by atoms with Crippen LogP contribution in [-0.4, -0.2) is 18.1 Å². The van der Waals surface area contributed by atoms with Gasteiger partial charge in [0.2, 0.25) is 0 Å². The summed E-state index contributed by atoms with van der Waals surface area (Å²) in [4.78, 5) is 6.60. The second-order valence-electron chi connectivity index (χ2n) is 3.61. The molecule has 0 amide bonds. The molecule has 86 valence electrons. The number of pyridine rings is 1. The maximum atomic E-state index is 8.61. The number of alkyl halides is 1. The highest BCUT2D eigenvalue weighted by atomic mass is 79.9. The Morgan fingerprint density at radius 2 is 2.31 bits per heavy atom. The average molecular weight is 282 g/mol. The van der Waals surface area contributed by atoms with Gasteiger partial charge in [-0.1, -0.05) is 22.0 Å². The molecule has 0 radical (unpaired) electrons. The third-order valence-corrected chi connectivity index (χ3v) is 3.08. The van der Waals surface area contributed by atoms with Gasteiger partial charge in [-0.3, -0.25) is 0 Å². The lowest BCUT2D eigenvalue weighted by atomic mass is 10.2. The molecule has 3 nitrogen and oxygen atoms in total. The summed E-state index contributed by atoms with van der Waals surface area (Å²) in [7, 11) is 0. The van der Waals surface area contributed by atoms with E-state index in [9.17, 15) is 0 Å². The lowest BCUT2D eigenvalue weighted by molar-refractivity contribution is 0.805. The molecule has 0 aromatic carbocycles. The number of anilines is 1. The van der Waals surface area contributed by atoms with E-state index < -0.39 is 0 Å². The van der Waals surface area contributed by atoms with Gasteiger partial charge in [0.25, 0.3) is 0 Å². The zero-order chi connectivity index (χ0) is 12.0. The largest absolute Gasteiger partial charge is 0.356 e. The van der Waals surface area contributed by atoms with Crippen molar-refractivity contribution in [2.24, 2.45) is 0 Å². The standard InChI is InChI=1S/C12H16BrN3/c1-3-16(6-4-5-14)12-10(2)7-11(8-13)9-15-12/h7,9H,3-4,6,8H2,1-2H3. The van der Waals surface area contributed by atoms with Gasteiger partial charge in [0.1, 0.15) is 5.82 Å². The van der Waals surface area contributed by atoms with Crippen LogP contribution in [0.5, 0.6) is 0 Å². The molecule has 0 fully saturated rings. The summed E-state index contributed by atoms with van der Waals surface area (Å²) in [6.07, 6.45) is 2.42. The predicted octanol–water partition coefficient (Wildman–Crippen LogP) is 3.02. The van der Waals surface area contributed by atoms with E-state index in [2.05, 4.69) is 51.8 Å². The van der Waals surface area contributed by atoms with Crippen LogP contribution in [0.2, 0.25) is 0 Å². The van der Waals surface area contributed by atoms with Crippen LogP contribution in [0.25, 0.3) is 0 Å². The highest BCUT2D eigenvalue weighted by Gasteiger charge is 2.08. The van der Waals surface area contributed by atoms with E-state index in [1.165, 1.54) is 5.56 Å². The Labute approximate surface area is 105 Å². The first-order valence-corrected chi connectivity index (χ1v) is 6.48. The van der Waals surface area contributed by atoms with E-state index in [1.807, 2.05) is 6.20 Å². The zero-order valence-electron chi connectivity index (χ0n) is 9.70. The Balaban J connectivity index is 2.88. The molecule has 4 heteroatoms. The minimum Gasteiger partial charge on any atom is -0.356 e. The van der Waals surface area contributed by atoms with E-state index in [0.717, 1.165) is 29.8 Å². The number of hydrogen-bond donors (Lipinski definition) is 0. The van der Waals surface area contributed by atoms with E-state index in [0.29, 0.717) is 6.42 Å². The number of nitrogens with zero attached hydrogens (tertiary/aromatic N) is 3. The van der Waals surface area contributed by atoms with Crippen molar-refractivity contribution in [3.8, 4) is 6.07 Å². The predicted molar refractivity (Wildman–Crippen MR) is 69.7 cm³/mol. The van der Waals surface area contributed by atoms with Crippen LogP contribution in [0.3, 0.4) is 0 Å². The number of rotatable bonds is 5. The molecule has 0 atom stereocenters. The van der Waals surface area contributed by atoms with Gasteiger partial charge in [0, 0.05) is 24.6 Å². The first-order chi connectivity index (χ1) is 7.72. The van der Waals surface area contributed by atoms with Crippen LogP contribution < -0.4 is 4.90 Å². The summed E-state index contributed by atoms with van der Waals surface area (Å²) < 4.78 is 0. The number of nitriles is 1. The van der Waals surface area contributed by atoms with Crippen molar-refractivity contribution in [2.75, 3.05) is 18.0 Å². The van der Waals surface area contributed by atoms with E-state index >= 15 is 0 Å². The first-order valence-electron chi connectivity index (χ1n) is 5.36. The van der Waals surface area contributed by atoms with Crippen LogP contribution in [0.4, 0.5) is 5.82 Å².